The molecule has 0 unspecified atom stereocenters. The van der Waals surface area contributed by atoms with Crippen molar-refractivity contribution in [1.29, 1.82) is 0 Å². The quantitative estimate of drug-likeness (QED) is 0.407. The van der Waals surface area contributed by atoms with Crippen LogP contribution in [0.15, 0.2) is 48.0 Å². The molecule has 1 heterocycles. The van der Waals surface area contributed by atoms with Crippen LogP contribution in [0, 0.1) is 0 Å². The minimum absolute atomic E-state index is 0.171. The Morgan fingerprint density at radius 2 is 1.59 bits per heavy atom. The van der Waals surface area contributed by atoms with Gasteiger partial charge in [-0.15, -0.1) is 0 Å². The standard InChI is InChI=1S/C22H21NO6/c1-4-29-22(26)15(11-14-9-10-18(27-2)19(12-14)28-3)13-23-20(24)16-7-5-6-8-17(16)21(23)25/h5-12H,4,13H2,1-3H3/b15-11+. The molecule has 0 spiro atoms. The van der Waals surface area contributed by atoms with Gasteiger partial charge in [0.2, 0.25) is 0 Å². The van der Waals surface area contributed by atoms with Crippen LogP contribution in [0.1, 0.15) is 33.2 Å². The fraction of sp³-hybridized carbons (Fsp3) is 0.227. The minimum Gasteiger partial charge on any atom is -0.493 e. The predicted molar refractivity (Wildman–Crippen MR) is 106 cm³/mol. The second-order valence-electron chi connectivity index (χ2n) is 6.25. The molecule has 0 fully saturated rings. The molecule has 0 saturated heterocycles. The first-order chi connectivity index (χ1) is 14.0. The van der Waals surface area contributed by atoms with E-state index < -0.39 is 17.8 Å². The van der Waals surface area contributed by atoms with E-state index in [9.17, 15) is 14.4 Å². The third kappa shape index (κ3) is 3.99. The van der Waals surface area contributed by atoms with Gasteiger partial charge in [-0.1, -0.05) is 18.2 Å². The van der Waals surface area contributed by atoms with Crippen molar-refractivity contribution in [3.05, 3.63) is 64.7 Å². The summed E-state index contributed by atoms with van der Waals surface area (Å²) in [5.74, 6) is -0.437. The zero-order valence-electron chi connectivity index (χ0n) is 16.4. The molecule has 150 valence electrons. The molecule has 0 N–H and O–H groups in total. The summed E-state index contributed by atoms with van der Waals surface area (Å²) in [4.78, 5) is 38.9. The molecule has 29 heavy (non-hydrogen) atoms. The van der Waals surface area contributed by atoms with E-state index in [2.05, 4.69) is 0 Å². The first-order valence-electron chi connectivity index (χ1n) is 9.05. The Labute approximate surface area is 168 Å². The Bertz CT molecular complexity index is 960. The fourth-order valence-corrected chi connectivity index (χ4v) is 3.09. The summed E-state index contributed by atoms with van der Waals surface area (Å²) in [6, 6.07) is 11.7. The van der Waals surface area contributed by atoms with Gasteiger partial charge in [-0.2, -0.15) is 0 Å². The summed E-state index contributed by atoms with van der Waals surface area (Å²) in [6.45, 7) is 1.66. The lowest BCUT2D eigenvalue weighted by molar-refractivity contribution is -0.138. The van der Waals surface area contributed by atoms with Crippen molar-refractivity contribution in [3.63, 3.8) is 0 Å². The van der Waals surface area contributed by atoms with Crippen LogP contribution in [-0.2, 0) is 9.53 Å². The van der Waals surface area contributed by atoms with Crippen LogP contribution >= 0.6 is 0 Å². The summed E-state index contributed by atoms with van der Waals surface area (Å²) < 4.78 is 15.6. The van der Waals surface area contributed by atoms with Gasteiger partial charge >= 0.3 is 5.97 Å². The molecular formula is C22H21NO6. The van der Waals surface area contributed by atoms with E-state index in [1.54, 1.807) is 55.5 Å². The highest BCUT2D eigenvalue weighted by molar-refractivity contribution is 6.21. The highest BCUT2D eigenvalue weighted by atomic mass is 16.5. The number of nitrogens with zero attached hydrogens (tertiary/aromatic N) is 1. The lowest BCUT2D eigenvalue weighted by Gasteiger charge is -2.16. The lowest BCUT2D eigenvalue weighted by atomic mass is 10.1. The zero-order valence-corrected chi connectivity index (χ0v) is 16.4. The molecule has 0 saturated carbocycles. The molecule has 0 aliphatic carbocycles. The molecule has 7 nitrogen and oxygen atoms in total. The Balaban J connectivity index is 1.95. The molecule has 2 aromatic rings. The normalized spacial score (nSPS) is 13.3. The van der Waals surface area contributed by atoms with E-state index in [1.165, 1.54) is 14.2 Å². The molecule has 1 aliphatic heterocycles. The highest BCUT2D eigenvalue weighted by Gasteiger charge is 2.36. The Kier molecular flexibility index (Phi) is 5.97. The lowest BCUT2D eigenvalue weighted by Crippen LogP contribution is -2.33. The van der Waals surface area contributed by atoms with Crippen molar-refractivity contribution < 1.29 is 28.6 Å². The van der Waals surface area contributed by atoms with Crippen LogP contribution < -0.4 is 9.47 Å². The number of esters is 1. The van der Waals surface area contributed by atoms with Crippen molar-refractivity contribution in [3.8, 4) is 11.5 Å². The number of hydrogen-bond acceptors (Lipinski definition) is 6. The van der Waals surface area contributed by atoms with E-state index in [4.69, 9.17) is 14.2 Å². The first-order valence-corrected chi connectivity index (χ1v) is 9.05. The van der Waals surface area contributed by atoms with Crippen LogP contribution in [0.25, 0.3) is 6.08 Å². The number of benzene rings is 2. The van der Waals surface area contributed by atoms with Crippen LogP contribution in [0.2, 0.25) is 0 Å². The van der Waals surface area contributed by atoms with Crippen molar-refractivity contribution in [2.24, 2.45) is 0 Å². The van der Waals surface area contributed by atoms with Gasteiger partial charge in [0.1, 0.15) is 0 Å². The number of carbonyl (C=O) groups is 3. The fourth-order valence-electron chi connectivity index (χ4n) is 3.09. The van der Waals surface area contributed by atoms with Gasteiger partial charge in [0.05, 0.1) is 44.1 Å². The highest BCUT2D eigenvalue weighted by Crippen LogP contribution is 2.29. The number of imide groups is 1. The van der Waals surface area contributed by atoms with Crippen LogP contribution in [-0.4, -0.2) is 50.1 Å². The molecule has 0 radical (unpaired) electrons. The van der Waals surface area contributed by atoms with E-state index in [-0.39, 0.29) is 18.7 Å². The molecule has 7 heteroatoms. The van der Waals surface area contributed by atoms with E-state index >= 15 is 0 Å². The third-order valence-corrected chi connectivity index (χ3v) is 4.49. The summed E-state index contributed by atoms with van der Waals surface area (Å²) >= 11 is 0. The Morgan fingerprint density at radius 1 is 0.966 bits per heavy atom. The number of rotatable bonds is 7. The molecule has 0 atom stereocenters. The number of hydrogen-bond donors (Lipinski definition) is 0. The Morgan fingerprint density at radius 3 is 2.14 bits per heavy atom. The molecular weight excluding hydrogens is 374 g/mol. The average Bonchev–Trinajstić information content (AvgIpc) is 2.98. The molecule has 2 aromatic carbocycles. The van der Waals surface area contributed by atoms with Gasteiger partial charge in [-0.25, -0.2) is 4.79 Å². The van der Waals surface area contributed by atoms with Crippen molar-refractivity contribution in [2.75, 3.05) is 27.4 Å². The number of ether oxygens (including phenoxy) is 3. The van der Waals surface area contributed by atoms with Crippen molar-refractivity contribution in [2.45, 2.75) is 6.92 Å². The van der Waals surface area contributed by atoms with E-state index in [1.807, 2.05) is 0 Å². The van der Waals surface area contributed by atoms with Gasteiger partial charge < -0.3 is 14.2 Å². The molecule has 3 rings (SSSR count). The smallest absolute Gasteiger partial charge is 0.335 e. The average molecular weight is 395 g/mol. The van der Waals surface area contributed by atoms with Gasteiger partial charge in [-0.3, -0.25) is 14.5 Å². The van der Waals surface area contributed by atoms with E-state index in [0.29, 0.717) is 28.2 Å². The topological polar surface area (TPSA) is 82.1 Å². The second-order valence-corrected chi connectivity index (χ2v) is 6.25. The monoisotopic (exact) mass is 395 g/mol. The number of fused-ring (bicyclic) bond motifs is 1. The van der Waals surface area contributed by atoms with Gasteiger partial charge in [0, 0.05) is 0 Å². The maximum atomic E-state index is 12.6. The molecule has 2 amide bonds. The van der Waals surface area contributed by atoms with E-state index in [0.717, 1.165) is 4.90 Å². The summed E-state index contributed by atoms with van der Waals surface area (Å²) in [6.07, 6.45) is 1.57. The minimum atomic E-state index is -0.598. The van der Waals surface area contributed by atoms with Crippen molar-refractivity contribution >= 4 is 23.9 Å². The summed E-state index contributed by atoms with van der Waals surface area (Å²) in [5, 5.41) is 0. The van der Waals surface area contributed by atoms with Crippen LogP contribution in [0.4, 0.5) is 0 Å². The summed E-state index contributed by atoms with van der Waals surface area (Å²) in [7, 11) is 3.04. The zero-order chi connectivity index (χ0) is 21.0. The largest absolute Gasteiger partial charge is 0.493 e. The molecule has 0 aromatic heterocycles. The van der Waals surface area contributed by atoms with Gasteiger partial charge in [0.15, 0.2) is 11.5 Å². The molecule has 0 bridgehead atoms. The summed E-state index contributed by atoms with van der Waals surface area (Å²) in [5.41, 5.74) is 1.47. The number of amides is 2. The second kappa shape index (κ2) is 8.60. The van der Waals surface area contributed by atoms with Gasteiger partial charge in [0.25, 0.3) is 11.8 Å². The van der Waals surface area contributed by atoms with Crippen molar-refractivity contribution in [1.82, 2.24) is 4.90 Å². The third-order valence-electron chi connectivity index (χ3n) is 4.49. The van der Waals surface area contributed by atoms with Gasteiger partial charge in [-0.05, 0) is 42.8 Å². The predicted octanol–water partition coefficient (Wildman–Crippen LogP) is 2.95. The molecule has 1 aliphatic rings. The first kappa shape index (κ1) is 20.1. The maximum absolute atomic E-state index is 12.6. The maximum Gasteiger partial charge on any atom is 0.335 e. The van der Waals surface area contributed by atoms with Crippen LogP contribution in [0.5, 0.6) is 11.5 Å². The van der Waals surface area contributed by atoms with Crippen LogP contribution in [0.3, 0.4) is 0 Å². The Hall–Kier alpha value is -3.61. The SMILES string of the molecule is CCOC(=O)/C(=C/c1ccc(OC)c(OC)c1)CN1C(=O)c2ccccc2C1=O. The number of methoxy groups -OCH3 is 2. The number of carbonyl (C=O) groups excluding carboxylic acids is 3.